The molecule has 0 N–H and O–H groups in total. The molecule has 0 fully saturated rings. The second kappa shape index (κ2) is 7.24. The molecule has 0 atom stereocenters. The Bertz CT molecular complexity index is 596. The maximum absolute atomic E-state index is 11.9. The normalized spacial score (nSPS) is 9.95. The summed E-state index contributed by atoms with van der Waals surface area (Å²) in [5.74, 6) is -0.715. The number of hydrogen-bond acceptors (Lipinski definition) is 3. The molecule has 4 heteroatoms. The smallest absolute Gasteiger partial charge is 0.336 e. The number of hydroxylamine groups is 2. The molecule has 0 aliphatic heterocycles. The lowest BCUT2D eigenvalue weighted by molar-refractivity contribution is -0.191. The molecular formula is C17H17NO3. The molecule has 0 bridgehead atoms. The van der Waals surface area contributed by atoms with Gasteiger partial charge in [-0.05, 0) is 11.1 Å². The van der Waals surface area contributed by atoms with Gasteiger partial charge in [0.15, 0.2) is 0 Å². The third-order valence-corrected chi connectivity index (χ3v) is 2.98. The fourth-order valence-corrected chi connectivity index (χ4v) is 1.88. The highest BCUT2D eigenvalue weighted by molar-refractivity contribution is 5.80. The highest BCUT2D eigenvalue weighted by atomic mass is 16.7. The molecule has 108 valence electrons. The maximum Gasteiger partial charge on any atom is 0.336 e. The minimum absolute atomic E-state index is 0.143. The van der Waals surface area contributed by atoms with Gasteiger partial charge in [-0.1, -0.05) is 60.7 Å². The van der Waals surface area contributed by atoms with E-state index in [1.807, 2.05) is 60.7 Å². The molecule has 0 aliphatic rings. The van der Waals surface area contributed by atoms with Gasteiger partial charge in [-0.3, -0.25) is 4.79 Å². The van der Waals surface area contributed by atoms with E-state index in [2.05, 4.69) is 0 Å². The molecule has 0 saturated carbocycles. The van der Waals surface area contributed by atoms with Crippen LogP contribution in [0.25, 0.3) is 0 Å². The van der Waals surface area contributed by atoms with Crippen molar-refractivity contribution in [3.8, 4) is 0 Å². The van der Waals surface area contributed by atoms with E-state index in [0.717, 1.165) is 16.2 Å². The fraction of sp³-hybridized carbons (Fsp3) is 0.176. The number of rotatable bonds is 4. The monoisotopic (exact) mass is 283 g/mol. The number of nitrogens with zero attached hydrogens (tertiary/aromatic N) is 1. The molecule has 2 aromatic carbocycles. The van der Waals surface area contributed by atoms with Gasteiger partial charge < -0.3 is 4.84 Å². The zero-order valence-electron chi connectivity index (χ0n) is 11.9. The molecule has 4 nitrogen and oxygen atoms in total. The van der Waals surface area contributed by atoms with Gasteiger partial charge in [0.2, 0.25) is 0 Å². The van der Waals surface area contributed by atoms with E-state index in [-0.39, 0.29) is 18.7 Å². The van der Waals surface area contributed by atoms with Crippen molar-refractivity contribution in [3.05, 3.63) is 71.8 Å². The molecule has 0 unspecified atom stereocenters. The summed E-state index contributed by atoms with van der Waals surface area (Å²) in [5.41, 5.74) is 1.74. The summed E-state index contributed by atoms with van der Waals surface area (Å²) in [5, 5.41) is 0.998. The van der Waals surface area contributed by atoms with E-state index in [0.29, 0.717) is 0 Å². The van der Waals surface area contributed by atoms with Crippen molar-refractivity contribution in [1.29, 1.82) is 0 Å². The van der Waals surface area contributed by atoms with Crippen molar-refractivity contribution >= 4 is 11.9 Å². The summed E-state index contributed by atoms with van der Waals surface area (Å²) in [6.07, 6.45) is 0.347. The van der Waals surface area contributed by atoms with E-state index >= 15 is 0 Å². The second-order valence-electron chi connectivity index (χ2n) is 4.68. The minimum atomic E-state index is -0.454. The average Bonchev–Trinajstić information content (AvgIpc) is 2.49. The zero-order valence-corrected chi connectivity index (χ0v) is 11.9. The van der Waals surface area contributed by atoms with Gasteiger partial charge >= 0.3 is 5.97 Å². The fourth-order valence-electron chi connectivity index (χ4n) is 1.88. The number of likely N-dealkylation sites (N-methyl/N-ethyl adjacent to an activating group) is 1. The Morgan fingerprint density at radius 3 is 1.86 bits per heavy atom. The number of amides is 1. The van der Waals surface area contributed by atoms with Gasteiger partial charge in [0.25, 0.3) is 5.91 Å². The predicted molar refractivity (Wildman–Crippen MR) is 79.2 cm³/mol. The zero-order chi connectivity index (χ0) is 15.1. The third-order valence-electron chi connectivity index (χ3n) is 2.98. The van der Waals surface area contributed by atoms with Crippen LogP contribution in [0.5, 0.6) is 0 Å². The SMILES string of the molecule is CN(OC(=O)Cc1ccccc1)C(=O)Cc1ccccc1. The second-order valence-corrected chi connectivity index (χ2v) is 4.68. The van der Waals surface area contributed by atoms with Crippen LogP contribution in [-0.4, -0.2) is 24.0 Å². The summed E-state index contributed by atoms with van der Waals surface area (Å²) in [4.78, 5) is 28.7. The molecule has 1 amide bonds. The Labute approximate surface area is 123 Å². The molecule has 2 aromatic rings. The van der Waals surface area contributed by atoms with Crippen LogP contribution >= 0.6 is 0 Å². The molecule has 0 saturated heterocycles. The minimum Gasteiger partial charge on any atom is -0.338 e. The molecule has 0 heterocycles. The van der Waals surface area contributed by atoms with Crippen molar-refractivity contribution in [2.75, 3.05) is 7.05 Å². The molecule has 0 radical (unpaired) electrons. The standard InChI is InChI=1S/C17H17NO3/c1-18(16(19)12-14-8-4-2-5-9-14)21-17(20)13-15-10-6-3-7-11-15/h2-11H,12-13H2,1H3. The first-order valence-electron chi connectivity index (χ1n) is 6.70. The van der Waals surface area contributed by atoms with E-state index in [9.17, 15) is 9.59 Å². The Kier molecular flexibility index (Phi) is 5.10. The van der Waals surface area contributed by atoms with E-state index in [1.165, 1.54) is 7.05 Å². The van der Waals surface area contributed by atoms with Crippen molar-refractivity contribution in [3.63, 3.8) is 0 Å². The van der Waals surface area contributed by atoms with Gasteiger partial charge in [-0.15, -0.1) is 0 Å². The van der Waals surface area contributed by atoms with Crippen LogP contribution in [0.1, 0.15) is 11.1 Å². The topological polar surface area (TPSA) is 46.6 Å². The molecule has 21 heavy (non-hydrogen) atoms. The molecule has 0 aromatic heterocycles. The van der Waals surface area contributed by atoms with Crippen LogP contribution in [-0.2, 0) is 27.3 Å². The van der Waals surface area contributed by atoms with Crippen LogP contribution < -0.4 is 0 Å². The third kappa shape index (κ3) is 4.76. The molecule has 2 rings (SSSR count). The summed E-state index contributed by atoms with van der Waals surface area (Å²) >= 11 is 0. The van der Waals surface area contributed by atoms with Crippen LogP contribution in [0.4, 0.5) is 0 Å². The van der Waals surface area contributed by atoms with Crippen molar-refractivity contribution in [2.45, 2.75) is 12.8 Å². The van der Waals surface area contributed by atoms with E-state index in [1.54, 1.807) is 0 Å². The largest absolute Gasteiger partial charge is 0.338 e. The maximum atomic E-state index is 11.9. The van der Waals surface area contributed by atoms with Crippen LogP contribution in [0.15, 0.2) is 60.7 Å². The molecule has 0 spiro atoms. The number of benzene rings is 2. The Morgan fingerprint density at radius 1 is 0.857 bits per heavy atom. The summed E-state index contributed by atoms with van der Waals surface area (Å²) in [6.45, 7) is 0. The highest BCUT2D eigenvalue weighted by Crippen LogP contribution is 2.05. The van der Waals surface area contributed by atoms with Gasteiger partial charge in [-0.25, -0.2) is 4.79 Å². The van der Waals surface area contributed by atoms with Crippen molar-refractivity contribution in [2.24, 2.45) is 0 Å². The lowest BCUT2D eigenvalue weighted by Gasteiger charge is -2.16. The lowest BCUT2D eigenvalue weighted by atomic mass is 10.1. The lowest BCUT2D eigenvalue weighted by Crippen LogP contribution is -2.31. The van der Waals surface area contributed by atoms with Crippen LogP contribution in [0, 0.1) is 0 Å². The summed E-state index contributed by atoms with van der Waals surface area (Å²) in [6, 6.07) is 18.6. The van der Waals surface area contributed by atoms with E-state index in [4.69, 9.17) is 4.84 Å². The van der Waals surface area contributed by atoms with E-state index < -0.39 is 5.97 Å². The summed E-state index contributed by atoms with van der Waals surface area (Å²) in [7, 11) is 1.45. The number of carbonyl (C=O) groups is 2. The first-order valence-corrected chi connectivity index (χ1v) is 6.70. The Balaban J connectivity index is 1.84. The number of carbonyl (C=O) groups excluding carboxylic acids is 2. The quantitative estimate of drug-likeness (QED) is 0.809. The summed E-state index contributed by atoms with van der Waals surface area (Å²) < 4.78 is 0. The molecular weight excluding hydrogens is 266 g/mol. The average molecular weight is 283 g/mol. The van der Waals surface area contributed by atoms with Crippen LogP contribution in [0.3, 0.4) is 0 Å². The van der Waals surface area contributed by atoms with Crippen LogP contribution in [0.2, 0.25) is 0 Å². The van der Waals surface area contributed by atoms with Crippen molar-refractivity contribution in [1.82, 2.24) is 5.06 Å². The van der Waals surface area contributed by atoms with Gasteiger partial charge in [0.05, 0.1) is 12.8 Å². The van der Waals surface area contributed by atoms with Gasteiger partial charge in [0.1, 0.15) is 0 Å². The van der Waals surface area contributed by atoms with Gasteiger partial charge in [0, 0.05) is 7.05 Å². The Hall–Kier alpha value is -2.62. The van der Waals surface area contributed by atoms with Crippen molar-refractivity contribution < 1.29 is 14.4 Å². The Morgan fingerprint density at radius 2 is 1.33 bits per heavy atom. The number of hydrogen-bond donors (Lipinski definition) is 0. The van der Waals surface area contributed by atoms with Gasteiger partial charge in [-0.2, -0.15) is 5.06 Å². The predicted octanol–water partition coefficient (Wildman–Crippen LogP) is 2.39. The highest BCUT2D eigenvalue weighted by Gasteiger charge is 2.15. The molecule has 0 aliphatic carbocycles. The first-order chi connectivity index (χ1) is 10.1. The first kappa shape index (κ1) is 14.8.